The summed E-state index contributed by atoms with van der Waals surface area (Å²) in [5.41, 5.74) is 6.34. The zero-order chi connectivity index (χ0) is 13.0. The minimum atomic E-state index is 0.686. The minimum Gasteiger partial charge on any atom is -0.457 e. The average Bonchev–Trinajstić information content (AvgIpc) is 2.39. The highest BCUT2D eigenvalue weighted by Crippen LogP contribution is 2.16. The van der Waals surface area contributed by atoms with Crippen LogP contribution in [0.15, 0.2) is 61.2 Å². The summed E-state index contributed by atoms with van der Waals surface area (Å²) in [6.45, 7) is 7.75. The van der Waals surface area contributed by atoms with Crippen LogP contribution in [0.1, 0.15) is 0 Å². The van der Waals surface area contributed by atoms with E-state index in [1.165, 1.54) is 0 Å². The van der Waals surface area contributed by atoms with Crippen LogP contribution in [0.2, 0.25) is 0 Å². The predicted molar refractivity (Wildman–Crippen MR) is 76.3 cm³/mol. The summed E-state index contributed by atoms with van der Waals surface area (Å²) in [6, 6.07) is 15.0. The molecular weight excluding hydrogens is 222 g/mol. The van der Waals surface area contributed by atoms with Gasteiger partial charge in [0.15, 0.2) is 0 Å². The Morgan fingerprint density at radius 2 is 1.72 bits per heavy atom. The fourth-order valence-electron chi connectivity index (χ4n) is 1.63. The largest absolute Gasteiger partial charge is 0.457 e. The van der Waals surface area contributed by atoms with Crippen LogP contribution in [-0.2, 0) is 0 Å². The molecule has 0 spiro atoms. The van der Waals surface area contributed by atoms with Crippen LogP contribution < -0.4 is 20.9 Å². The molecule has 0 saturated heterocycles. The first-order valence-corrected chi connectivity index (χ1v) is 5.65. The molecule has 0 amide bonds. The Kier molecular flexibility index (Phi) is 3.49. The van der Waals surface area contributed by atoms with Crippen LogP contribution in [0.3, 0.4) is 0 Å². The predicted octanol–water partition coefficient (Wildman–Crippen LogP) is 2.05. The maximum Gasteiger partial charge on any atom is 0.134 e. The van der Waals surface area contributed by atoms with Crippen molar-refractivity contribution in [3.63, 3.8) is 0 Å². The average molecular weight is 237 g/mol. The molecule has 0 aliphatic heterocycles. The summed E-state index contributed by atoms with van der Waals surface area (Å²) in [5.74, 6) is 1.41. The monoisotopic (exact) mass is 237 g/mol. The third-order valence-corrected chi connectivity index (χ3v) is 2.58. The zero-order valence-electron chi connectivity index (χ0n) is 10.1. The van der Waals surface area contributed by atoms with Gasteiger partial charge in [-0.3, -0.25) is 0 Å². The van der Waals surface area contributed by atoms with E-state index in [0.29, 0.717) is 11.4 Å². The lowest BCUT2D eigenvalue weighted by molar-refractivity contribution is 0.515. The van der Waals surface area contributed by atoms with Crippen molar-refractivity contribution in [1.29, 1.82) is 0 Å². The first-order valence-electron chi connectivity index (χ1n) is 5.65. The molecule has 2 aromatic carbocycles. The molecule has 2 N–H and O–H groups in total. The number of benzene rings is 2. The van der Waals surface area contributed by atoms with Gasteiger partial charge in [-0.05, 0) is 35.6 Å². The highest BCUT2D eigenvalue weighted by Gasteiger charge is 1.98. The van der Waals surface area contributed by atoms with Gasteiger partial charge in [0.05, 0.1) is 0 Å². The number of nitrogens with two attached hydrogens (primary N) is 1. The molecule has 90 valence electrons. The number of hydrogen-bond acceptors (Lipinski definition) is 2. The highest BCUT2D eigenvalue weighted by molar-refractivity contribution is 5.53. The van der Waals surface area contributed by atoms with Gasteiger partial charge in [0.2, 0.25) is 0 Å². The SMILES string of the molecule is C=C/C(Oc1ccc(N)cc1)=c1/ccccc1=C. The lowest BCUT2D eigenvalue weighted by Crippen LogP contribution is -2.26. The molecule has 2 rings (SSSR count). The van der Waals surface area contributed by atoms with Gasteiger partial charge in [0, 0.05) is 10.9 Å². The van der Waals surface area contributed by atoms with E-state index in [9.17, 15) is 0 Å². The standard InChI is InChI=1S/C16H15NO/c1-3-16(15-7-5-4-6-12(15)2)18-14-10-8-13(17)9-11-14/h3-11H,1-2,17H2/b16-15+. The number of rotatable bonds is 3. The molecule has 0 heterocycles. The molecule has 18 heavy (non-hydrogen) atoms. The van der Waals surface area contributed by atoms with E-state index in [-0.39, 0.29) is 0 Å². The van der Waals surface area contributed by atoms with E-state index >= 15 is 0 Å². The van der Waals surface area contributed by atoms with Crippen molar-refractivity contribution >= 4 is 18.0 Å². The molecule has 2 nitrogen and oxygen atoms in total. The second-order valence-electron chi connectivity index (χ2n) is 3.90. The Labute approximate surface area is 106 Å². The Balaban J connectivity index is 2.45. The minimum absolute atomic E-state index is 0.686. The van der Waals surface area contributed by atoms with E-state index in [4.69, 9.17) is 10.5 Å². The van der Waals surface area contributed by atoms with E-state index < -0.39 is 0 Å². The quantitative estimate of drug-likeness (QED) is 0.829. The van der Waals surface area contributed by atoms with Gasteiger partial charge in [0.1, 0.15) is 11.5 Å². The van der Waals surface area contributed by atoms with Gasteiger partial charge in [0.25, 0.3) is 0 Å². The van der Waals surface area contributed by atoms with Crippen molar-refractivity contribution in [3.8, 4) is 5.75 Å². The molecule has 2 heteroatoms. The van der Waals surface area contributed by atoms with E-state index in [2.05, 4.69) is 13.2 Å². The highest BCUT2D eigenvalue weighted by atomic mass is 16.5. The molecule has 0 saturated carbocycles. The van der Waals surface area contributed by atoms with Gasteiger partial charge in [-0.2, -0.15) is 0 Å². The van der Waals surface area contributed by atoms with Crippen LogP contribution in [0.4, 0.5) is 5.69 Å². The molecule has 0 aliphatic carbocycles. The van der Waals surface area contributed by atoms with Crippen LogP contribution in [0, 0.1) is 0 Å². The van der Waals surface area contributed by atoms with E-state index in [0.717, 1.165) is 16.2 Å². The van der Waals surface area contributed by atoms with Crippen molar-refractivity contribution in [2.24, 2.45) is 0 Å². The number of hydrogen-bond donors (Lipinski definition) is 1. The van der Waals surface area contributed by atoms with E-state index in [1.54, 1.807) is 18.2 Å². The van der Waals surface area contributed by atoms with Gasteiger partial charge in [-0.1, -0.05) is 37.4 Å². The first kappa shape index (κ1) is 12.0. The van der Waals surface area contributed by atoms with Gasteiger partial charge < -0.3 is 10.5 Å². The number of anilines is 1. The Hall–Kier alpha value is -2.48. The van der Waals surface area contributed by atoms with Crippen LogP contribution >= 0.6 is 0 Å². The first-order chi connectivity index (χ1) is 8.70. The maximum absolute atomic E-state index is 5.79. The molecule has 0 radical (unpaired) electrons. The molecule has 0 aromatic heterocycles. The van der Waals surface area contributed by atoms with Crippen LogP contribution in [0.25, 0.3) is 12.3 Å². The number of ether oxygens (including phenoxy) is 1. The fourth-order valence-corrected chi connectivity index (χ4v) is 1.63. The normalized spacial score (nSPS) is 11.8. The lowest BCUT2D eigenvalue weighted by Gasteiger charge is -2.07. The van der Waals surface area contributed by atoms with Crippen molar-refractivity contribution in [3.05, 3.63) is 71.6 Å². The summed E-state index contributed by atoms with van der Waals surface area (Å²) in [7, 11) is 0. The van der Waals surface area contributed by atoms with Crippen LogP contribution in [-0.4, -0.2) is 0 Å². The zero-order valence-corrected chi connectivity index (χ0v) is 10.1. The summed E-state index contributed by atoms with van der Waals surface area (Å²) in [4.78, 5) is 0. The van der Waals surface area contributed by atoms with Gasteiger partial charge in [-0.25, -0.2) is 0 Å². The summed E-state index contributed by atoms with van der Waals surface area (Å²) < 4.78 is 5.79. The third-order valence-electron chi connectivity index (χ3n) is 2.58. The lowest BCUT2D eigenvalue weighted by atomic mass is 10.2. The molecule has 0 atom stereocenters. The summed E-state index contributed by atoms with van der Waals surface area (Å²) >= 11 is 0. The van der Waals surface area contributed by atoms with E-state index in [1.807, 2.05) is 36.4 Å². The Morgan fingerprint density at radius 1 is 1.06 bits per heavy atom. The molecule has 0 unspecified atom stereocenters. The van der Waals surface area contributed by atoms with Crippen molar-refractivity contribution in [1.82, 2.24) is 0 Å². The smallest absolute Gasteiger partial charge is 0.134 e. The fraction of sp³-hybridized carbons (Fsp3) is 0. The maximum atomic E-state index is 5.79. The Bertz CT molecular complexity index is 656. The second-order valence-corrected chi connectivity index (χ2v) is 3.90. The molecule has 0 aliphatic rings. The van der Waals surface area contributed by atoms with Crippen molar-refractivity contribution < 1.29 is 4.74 Å². The molecule has 0 fully saturated rings. The molecular formula is C16H15NO. The van der Waals surface area contributed by atoms with Crippen molar-refractivity contribution in [2.75, 3.05) is 5.73 Å². The summed E-state index contributed by atoms with van der Waals surface area (Å²) in [6.07, 6.45) is 1.68. The third kappa shape index (κ3) is 2.61. The van der Waals surface area contributed by atoms with Gasteiger partial charge in [-0.15, -0.1) is 0 Å². The topological polar surface area (TPSA) is 35.2 Å². The second kappa shape index (κ2) is 5.23. The summed E-state index contributed by atoms with van der Waals surface area (Å²) in [5, 5.41) is 1.84. The van der Waals surface area contributed by atoms with Crippen LogP contribution in [0.5, 0.6) is 5.75 Å². The number of nitrogen functional groups attached to an aromatic ring is 1. The van der Waals surface area contributed by atoms with Crippen molar-refractivity contribution in [2.45, 2.75) is 0 Å². The van der Waals surface area contributed by atoms with Gasteiger partial charge >= 0.3 is 0 Å². The Morgan fingerprint density at radius 3 is 2.33 bits per heavy atom. The molecule has 2 aromatic rings. The molecule has 0 bridgehead atoms.